The molecular formula is C18H19N5O3. The highest BCUT2D eigenvalue weighted by molar-refractivity contribution is 5.96. The van der Waals surface area contributed by atoms with E-state index in [0.29, 0.717) is 18.7 Å². The molecule has 0 radical (unpaired) electrons. The molecule has 3 rings (SSSR count). The van der Waals surface area contributed by atoms with Crippen molar-refractivity contribution in [2.45, 2.75) is 0 Å². The molecule has 2 aromatic rings. The van der Waals surface area contributed by atoms with Crippen LogP contribution < -0.4 is 20.3 Å². The average molecular weight is 353 g/mol. The SMILES string of the molecule is COc1nn(C)cc1C(=O)NCC#Cc1ccc(N2CCNC2=O)cc1. The summed E-state index contributed by atoms with van der Waals surface area (Å²) in [5.74, 6) is 5.87. The number of aryl methyl sites for hydroxylation is 1. The minimum atomic E-state index is -0.292. The summed E-state index contributed by atoms with van der Waals surface area (Å²) < 4.78 is 6.58. The van der Waals surface area contributed by atoms with Crippen molar-refractivity contribution in [3.63, 3.8) is 0 Å². The number of ether oxygens (including phenoxy) is 1. The Morgan fingerprint density at radius 1 is 1.38 bits per heavy atom. The van der Waals surface area contributed by atoms with E-state index in [1.807, 2.05) is 24.3 Å². The summed E-state index contributed by atoms with van der Waals surface area (Å²) in [5.41, 5.74) is 2.01. The van der Waals surface area contributed by atoms with E-state index in [2.05, 4.69) is 27.6 Å². The molecule has 1 aromatic heterocycles. The van der Waals surface area contributed by atoms with E-state index in [4.69, 9.17) is 4.74 Å². The number of nitrogens with one attached hydrogen (secondary N) is 2. The summed E-state index contributed by atoms with van der Waals surface area (Å²) in [4.78, 5) is 25.4. The number of anilines is 1. The van der Waals surface area contributed by atoms with Crippen LogP contribution in [0.15, 0.2) is 30.5 Å². The first kappa shape index (κ1) is 17.4. The Labute approximate surface area is 151 Å². The maximum Gasteiger partial charge on any atom is 0.321 e. The molecule has 8 heteroatoms. The fraction of sp³-hybridized carbons (Fsp3) is 0.278. The van der Waals surface area contributed by atoms with Gasteiger partial charge in [0.2, 0.25) is 5.88 Å². The highest BCUT2D eigenvalue weighted by atomic mass is 16.5. The molecule has 8 nitrogen and oxygen atoms in total. The topological polar surface area (TPSA) is 88.5 Å². The molecule has 1 aliphatic heterocycles. The van der Waals surface area contributed by atoms with Gasteiger partial charge in [-0.15, -0.1) is 5.10 Å². The van der Waals surface area contributed by atoms with Crippen LogP contribution in [0.25, 0.3) is 0 Å². The lowest BCUT2D eigenvalue weighted by molar-refractivity contribution is 0.0955. The molecule has 2 heterocycles. The van der Waals surface area contributed by atoms with E-state index >= 15 is 0 Å². The Morgan fingerprint density at radius 2 is 2.15 bits per heavy atom. The van der Waals surface area contributed by atoms with Crippen molar-refractivity contribution in [1.29, 1.82) is 0 Å². The van der Waals surface area contributed by atoms with Crippen LogP contribution in [0.4, 0.5) is 10.5 Å². The molecule has 26 heavy (non-hydrogen) atoms. The van der Waals surface area contributed by atoms with E-state index in [9.17, 15) is 9.59 Å². The zero-order chi connectivity index (χ0) is 18.5. The van der Waals surface area contributed by atoms with E-state index in [-0.39, 0.29) is 24.4 Å². The molecule has 3 amide bonds. The Balaban J connectivity index is 1.56. The maximum absolute atomic E-state index is 12.1. The zero-order valence-corrected chi connectivity index (χ0v) is 14.6. The molecule has 1 saturated heterocycles. The van der Waals surface area contributed by atoms with Gasteiger partial charge in [-0.05, 0) is 24.3 Å². The second kappa shape index (κ2) is 7.61. The molecule has 0 bridgehead atoms. The summed E-state index contributed by atoms with van der Waals surface area (Å²) in [7, 11) is 3.18. The van der Waals surface area contributed by atoms with Crippen molar-refractivity contribution < 1.29 is 14.3 Å². The van der Waals surface area contributed by atoms with E-state index in [0.717, 1.165) is 11.3 Å². The van der Waals surface area contributed by atoms with Crippen LogP contribution in [0.5, 0.6) is 5.88 Å². The molecule has 0 aliphatic carbocycles. The van der Waals surface area contributed by atoms with Crippen LogP contribution in [-0.2, 0) is 7.05 Å². The fourth-order valence-electron chi connectivity index (χ4n) is 2.58. The van der Waals surface area contributed by atoms with Crippen LogP contribution in [0.2, 0.25) is 0 Å². The van der Waals surface area contributed by atoms with Gasteiger partial charge in [0.05, 0.1) is 13.7 Å². The van der Waals surface area contributed by atoms with Crippen molar-refractivity contribution in [3.05, 3.63) is 41.6 Å². The van der Waals surface area contributed by atoms with Gasteiger partial charge >= 0.3 is 6.03 Å². The number of aromatic nitrogens is 2. The summed E-state index contributed by atoms with van der Waals surface area (Å²) in [5, 5.41) is 9.51. The molecular weight excluding hydrogens is 334 g/mol. The Morgan fingerprint density at radius 3 is 2.81 bits per heavy atom. The smallest absolute Gasteiger partial charge is 0.321 e. The predicted molar refractivity (Wildman–Crippen MR) is 96.2 cm³/mol. The number of amides is 3. The van der Waals surface area contributed by atoms with Crippen molar-refractivity contribution in [2.75, 3.05) is 31.6 Å². The van der Waals surface area contributed by atoms with E-state index in [1.165, 1.54) is 11.8 Å². The van der Waals surface area contributed by atoms with Gasteiger partial charge in [-0.25, -0.2) is 4.79 Å². The lowest BCUT2D eigenvalue weighted by atomic mass is 10.2. The molecule has 0 spiro atoms. The van der Waals surface area contributed by atoms with Gasteiger partial charge < -0.3 is 15.4 Å². The van der Waals surface area contributed by atoms with Gasteiger partial charge in [0, 0.05) is 37.6 Å². The number of methoxy groups -OCH3 is 1. The van der Waals surface area contributed by atoms with Crippen LogP contribution in [-0.4, -0.2) is 48.5 Å². The highest BCUT2D eigenvalue weighted by Gasteiger charge is 2.20. The number of hydrogen-bond donors (Lipinski definition) is 2. The van der Waals surface area contributed by atoms with E-state index in [1.54, 1.807) is 18.1 Å². The van der Waals surface area contributed by atoms with Gasteiger partial charge in [-0.1, -0.05) is 11.8 Å². The number of hydrogen-bond acceptors (Lipinski definition) is 4. The van der Waals surface area contributed by atoms with Gasteiger partial charge in [0.25, 0.3) is 5.91 Å². The van der Waals surface area contributed by atoms with Crippen molar-refractivity contribution in [3.8, 4) is 17.7 Å². The monoisotopic (exact) mass is 353 g/mol. The minimum Gasteiger partial charge on any atom is -0.479 e. The quantitative estimate of drug-likeness (QED) is 0.794. The first-order valence-electron chi connectivity index (χ1n) is 8.08. The van der Waals surface area contributed by atoms with Crippen molar-refractivity contribution in [2.24, 2.45) is 7.05 Å². The van der Waals surface area contributed by atoms with Crippen molar-refractivity contribution >= 4 is 17.6 Å². The fourth-order valence-corrected chi connectivity index (χ4v) is 2.58. The Hall–Kier alpha value is -3.47. The number of carbonyl (C=O) groups excluding carboxylic acids is 2. The normalized spacial score (nSPS) is 13.0. The zero-order valence-electron chi connectivity index (χ0n) is 14.6. The average Bonchev–Trinajstić information content (AvgIpc) is 3.24. The predicted octanol–water partition coefficient (Wildman–Crippen LogP) is 0.740. The van der Waals surface area contributed by atoms with Crippen LogP contribution in [0.1, 0.15) is 15.9 Å². The summed E-state index contributed by atoms with van der Waals surface area (Å²) in [6.45, 7) is 1.52. The largest absolute Gasteiger partial charge is 0.479 e. The number of rotatable bonds is 4. The standard InChI is InChI=1S/C18H19N5O3/c1-22-12-15(17(21-22)26-2)16(24)19-9-3-4-13-5-7-14(8-6-13)23-11-10-20-18(23)25/h5-8,12H,9-11H2,1-2H3,(H,19,24)(H,20,25). The number of benzene rings is 1. The molecule has 0 unspecified atom stereocenters. The second-order valence-corrected chi connectivity index (χ2v) is 5.64. The van der Waals surface area contributed by atoms with Crippen LogP contribution in [0, 0.1) is 11.8 Å². The molecule has 0 saturated carbocycles. The lowest BCUT2D eigenvalue weighted by Gasteiger charge is -2.13. The third kappa shape index (κ3) is 3.78. The first-order chi connectivity index (χ1) is 12.6. The summed E-state index contributed by atoms with van der Waals surface area (Å²) in [6.07, 6.45) is 1.59. The molecule has 2 N–H and O–H groups in total. The van der Waals surface area contributed by atoms with Gasteiger partial charge in [0.1, 0.15) is 5.56 Å². The maximum atomic E-state index is 12.1. The third-order valence-corrected chi connectivity index (χ3v) is 3.84. The minimum absolute atomic E-state index is 0.0858. The van der Waals surface area contributed by atoms with Crippen LogP contribution >= 0.6 is 0 Å². The third-order valence-electron chi connectivity index (χ3n) is 3.84. The first-order valence-corrected chi connectivity index (χ1v) is 8.08. The highest BCUT2D eigenvalue weighted by Crippen LogP contribution is 2.17. The lowest BCUT2D eigenvalue weighted by Crippen LogP contribution is -2.27. The molecule has 1 aromatic carbocycles. The summed E-state index contributed by atoms with van der Waals surface area (Å²) in [6, 6.07) is 7.32. The molecule has 134 valence electrons. The number of carbonyl (C=O) groups is 2. The van der Waals surface area contributed by atoms with Crippen LogP contribution in [0.3, 0.4) is 0 Å². The second-order valence-electron chi connectivity index (χ2n) is 5.64. The molecule has 0 atom stereocenters. The Bertz CT molecular complexity index is 876. The molecule has 1 fully saturated rings. The van der Waals surface area contributed by atoms with Gasteiger partial charge in [-0.3, -0.25) is 14.4 Å². The summed E-state index contributed by atoms with van der Waals surface area (Å²) >= 11 is 0. The van der Waals surface area contributed by atoms with Crippen molar-refractivity contribution in [1.82, 2.24) is 20.4 Å². The molecule has 1 aliphatic rings. The number of urea groups is 1. The van der Waals surface area contributed by atoms with E-state index < -0.39 is 0 Å². The number of nitrogens with zero attached hydrogens (tertiary/aromatic N) is 3. The Kier molecular flexibility index (Phi) is 5.08. The van der Waals surface area contributed by atoms with Gasteiger partial charge in [0.15, 0.2) is 0 Å². The van der Waals surface area contributed by atoms with Gasteiger partial charge in [-0.2, -0.15) is 0 Å².